The van der Waals surface area contributed by atoms with Crippen LogP contribution in [0.25, 0.3) is 5.69 Å². The molecule has 0 amide bonds. The fraction of sp³-hybridized carbons (Fsp3) is 0.111. The fourth-order valence-corrected chi connectivity index (χ4v) is 1.41. The Balaban J connectivity index is 2.53. The molecule has 0 aromatic carbocycles. The normalized spacial score (nSPS) is 10.3. The first-order chi connectivity index (χ1) is 6.27. The number of aryl methyl sites for hydroxylation is 1. The van der Waals surface area contributed by atoms with Crippen molar-refractivity contribution in [3.05, 3.63) is 41.4 Å². The molecule has 4 heteroatoms. The lowest BCUT2D eigenvalue weighted by Gasteiger charge is -2.01. The van der Waals surface area contributed by atoms with Crippen LogP contribution in [-0.2, 0) is 0 Å². The molecular weight excluding hydrogens is 186 g/mol. The predicted molar refractivity (Wildman–Crippen MR) is 51.1 cm³/mol. The van der Waals surface area contributed by atoms with E-state index in [2.05, 4.69) is 10.1 Å². The Labute approximate surface area is 81.0 Å². The molecule has 0 spiro atoms. The molecule has 0 bridgehead atoms. The lowest BCUT2D eigenvalue weighted by atomic mass is 10.4. The Morgan fingerprint density at radius 3 is 2.85 bits per heavy atom. The minimum Gasteiger partial charge on any atom is -0.262 e. The summed E-state index contributed by atoms with van der Waals surface area (Å²) in [6, 6.07) is 5.61. The summed E-state index contributed by atoms with van der Waals surface area (Å²) in [5, 5.41) is 4.62. The van der Waals surface area contributed by atoms with Gasteiger partial charge in [0.05, 0.1) is 11.9 Å². The molecule has 0 fully saturated rings. The van der Waals surface area contributed by atoms with Crippen molar-refractivity contribution in [2.45, 2.75) is 6.92 Å². The highest BCUT2D eigenvalue weighted by atomic mass is 35.5. The Morgan fingerprint density at radius 1 is 1.46 bits per heavy atom. The summed E-state index contributed by atoms with van der Waals surface area (Å²) in [7, 11) is 0. The Morgan fingerprint density at radius 2 is 2.31 bits per heavy atom. The summed E-state index contributed by atoms with van der Waals surface area (Å²) >= 11 is 5.76. The van der Waals surface area contributed by atoms with Crippen LogP contribution in [0.1, 0.15) is 5.69 Å². The van der Waals surface area contributed by atoms with Crippen molar-refractivity contribution in [3.8, 4) is 5.69 Å². The first kappa shape index (κ1) is 8.26. The van der Waals surface area contributed by atoms with Gasteiger partial charge in [-0.1, -0.05) is 11.6 Å². The predicted octanol–water partition coefficient (Wildman–Crippen LogP) is 2.23. The summed E-state index contributed by atoms with van der Waals surface area (Å²) in [6.45, 7) is 1.95. The average molecular weight is 194 g/mol. The molecular formula is C9H8ClN3. The maximum atomic E-state index is 5.76. The van der Waals surface area contributed by atoms with Crippen LogP contribution in [0.4, 0.5) is 0 Å². The van der Waals surface area contributed by atoms with Crippen molar-refractivity contribution < 1.29 is 0 Å². The lowest BCUT2D eigenvalue weighted by molar-refractivity contribution is 0.842. The number of aromatic nitrogens is 3. The van der Waals surface area contributed by atoms with E-state index in [1.807, 2.05) is 25.1 Å². The van der Waals surface area contributed by atoms with Gasteiger partial charge in [-0.3, -0.25) is 4.98 Å². The van der Waals surface area contributed by atoms with E-state index in [-0.39, 0.29) is 0 Å². The lowest BCUT2D eigenvalue weighted by Crippen LogP contribution is -1.98. The van der Waals surface area contributed by atoms with E-state index in [9.17, 15) is 0 Å². The molecule has 0 N–H and O–H groups in total. The van der Waals surface area contributed by atoms with Crippen molar-refractivity contribution >= 4 is 11.6 Å². The summed E-state index contributed by atoms with van der Waals surface area (Å²) < 4.78 is 1.76. The first-order valence-electron chi connectivity index (χ1n) is 3.90. The largest absolute Gasteiger partial charge is 0.262 e. The second kappa shape index (κ2) is 3.18. The van der Waals surface area contributed by atoms with E-state index in [0.29, 0.717) is 5.15 Å². The van der Waals surface area contributed by atoms with Crippen LogP contribution in [0.5, 0.6) is 0 Å². The second-order valence-electron chi connectivity index (χ2n) is 2.73. The third kappa shape index (κ3) is 1.55. The molecule has 2 heterocycles. The van der Waals surface area contributed by atoms with E-state index >= 15 is 0 Å². The molecule has 0 atom stereocenters. The molecule has 66 valence electrons. The van der Waals surface area contributed by atoms with Gasteiger partial charge < -0.3 is 0 Å². The molecule has 2 aromatic heterocycles. The molecule has 3 nitrogen and oxygen atoms in total. The molecule has 0 aliphatic heterocycles. The molecule has 0 radical (unpaired) electrons. The van der Waals surface area contributed by atoms with Gasteiger partial charge >= 0.3 is 0 Å². The van der Waals surface area contributed by atoms with E-state index in [1.165, 1.54) is 0 Å². The van der Waals surface area contributed by atoms with Crippen LogP contribution in [0.2, 0.25) is 5.15 Å². The molecule has 2 aromatic rings. The first-order valence-corrected chi connectivity index (χ1v) is 4.28. The van der Waals surface area contributed by atoms with E-state index < -0.39 is 0 Å². The number of nitrogens with zero attached hydrogens (tertiary/aromatic N) is 3. The maximum absolute atomic E-state index is 5.76. The SMILES string of the molecule is Cc1cc(Cl)nn1-c1cccnc1. The monoisotopic (exact) mass is 193 g/mol. The highest BCUT2D eigenvalue weighted by Crippen LogP contribution is 2.13. The van der Waals surface area contributed by atoms with Gasteiger partial charge in [-0.25, -0.2) is 4.68 Å². The number of hydrogen-bond acceptors (Lipinski definition) is 2. The molecule has 13 heavy (non-hydrogen) atoms. The topological polar surface area (TPSA) is 30.7 Å². The summed E-state index contributed by atoms with van der Waals surface area (Å²) in [5.41, 5.74) is 1.92. The molecule has 0 unspecified atom stereocenters. The Bertz CT molecular complexity index is 408. The standard InChI is InChI=1S/C9H8ClN3/c1-7-5-9(10)12-13(7)8-3-2-4-11-6-8/h2-6H,1H3. The van der Waals surface area contributed by atoms with Crippen LogP contribution in [0.3, 0.4) is 0 Å². The highest BCUT2D eigenvalue weighted by molar-refractivity contribution is 6.29. The number of halogens is 1. The van der Waals surface area contributed by atoms with Crippen molar-refractivity contribution in [2.24, 2.45) is 0 Å². The second-order valence-corrected chi connectivity index (χ2v) is 3.12. The third-order valence-electron chi connectivity index (χ3n) is 1.75. The third-order valence-corrected chi connectivity index (χ3v) is 1.93. The quantitative estimate of drug-likeness (QED) is 0.696. The molecule has 0 saturated carbocycles. The van der Waals surface area contributed by atoms with Crippen LogP contribution >= 0.6 is 11.6 Å². The van der Waals surface area contributed by atoms with Gasteiger partial charge in [0.2, 0.25) is 0 Å². The van der Waals surface area contributed by atoms with Crippen molar-refractivity contribution in [1.29, 1.82) is 0 Å². The van der Waals surface area contributed by atoms with Gasteiger partial charge in [0.25, 0.3) is 0 Å². The summed E-state index contributed by atoms with van der Waals surface area (Å²) in [5.74, 6) is 0. The number of rotatable bonds is 1. The van der Waals surface area contributed by atoms with Gasteiger partial charge in [-0.05, 0) is 25.1 Å². The molecule has 0 aliphatic rings. The van der Waals surface area contributed by atoms with Crippen LogP contribution in [0, 0.1) is 6.92 Å². The minimum atomic E-state index is 0.501. The van der Waals surface area contributed by atoms with Crippen LogP contribution < -0.4 is 0 Å². The van der Waals surface area contributed by atoms with E-state index in [1.54, 1.807) is 17.1 Å². The smallest absolute Gasteiger partial charge is 0.151 e. The Hall–Kier alpha value is -1.35. The molecule has 0 saturated heterocycles. The van der Waals surface area contributed by atoms with E-state index in [4.69, 9.17) is 11.6 Å². The van der Waals surface area contributed by atoms with Crippen molar-refractivity contribution in [1.82, 2.24) is 14.8 Å². The van der Waals surface area contributed by atoms with Gasteiger partial charge in [-0.2, -0.15) is 5.10 Å². The number of pyridine rings is 1. The summed E-state index contributed by atoms with van der Waals surface area (Å²) in [6.07, 6.45) is 3.47. The van der Waals surface area contributed by atoms with Crippen molar-refractivity contribution in [3.63, 3.8) is 0 Å². The zero-order valence-electron chi connectivity index (χ0n) is 7.11. The van der Waals surface area contributed by atoms with Crippen LogP contribution in [-0.4, -0.2) is 14.8 Å². The zero-order chi connectivity index (χ0) is 9.26. The number of hydrogen-bond donors (Lipinski definition) is 0. The zero-order valence-corrected chi connectivity index (χ0v) is 7.86. The van der Waals surface area contributed by atoms with Gasteiger partial charge in [0.1, 0.15) is 0 Å². The van der Waals surface area contributed by atoms with E-state index in [0.717, 1.165) is 11.4 Å². The van der Waals surface area contributed by atoms with Crippen LogP contribution in [0.15, 0.2) is 30.6 Å². The summed E-state index contributed by atoms with van der Waals surface area (Å²) in [4.78, 5) is 4.01. The minimum absolute atomic E-state index is 0.501. The van der Waals surface area contributed by atoms with Crippen molar-refractivity contribution in [2.75, 3.05) is 0 Å². The average Bonchev–Trinajstić information content (AvgIpc) is 2.47. The highest BCUT2D eigenvalue weighted by Gasteiger charge is 2.03. The molecule has 2 rings (SSSR count). The van der Waals surface area contributed by atoms with Gasteiger partial charge in [-0.15, -0.1) is 0 Å². The van der Waals surface area contributed by atoms with Gasteiger partial charge in [0, 0.05) is 11.9 Å². The molecule has 0 aliphatic carbocycles. The fourth-order valence-electron chi connectivity index (χ4n) is 1.18. The maximum Gasteiger partial charge on any atom is 0.151 e. The van der Waals surface area contributed by atoms with Gasteiger partial charge in [0.15, 0.2) is 5.15 Å². The Kier molecular flexibility index (Phi) is 2.02.